The van der Waals surface area contributed by atoms with Crippen LogP contribution in [0.5, 0.6) is 5.75 Å². The van der Waals surface area contributed by atoms with Crippen molar-refractivity contribution in [3.05, 3.63) is 87.8 Å². The molecule has 0 bridgehead atoms. The third-order valence-corrected chi connectivity index (χ3v) is 20.0. The number of unbranched alkanes of at least 4 members (excludes halogenated alkanes) is 1. The minimum absolute atomic E-state index is 0.0108. The quantitative estimate of drug-likeness (QED) is 0.0400. The van der Waals surface area contributed by atoms with Gasteiger partial charge >= 0.3 is 13.3 Å². The van der Waals surface area contributed by atoms with E-state index in [1.807, 2.05) is 6.07 Å². The molecule has 0 radical (unpaired) electrons. The lowest BCUT2D eigenvalue weighted by Crippen LogP contribution is -2.62. The molecule has 0 unspecified atom stereocenters. The zero-order valence-electron chi connectivity index (χ0n) is 46.7. The number of carbonyl (C=O) groups is 9. The zero-order chi connectivity index (χ0) is 61.6. The Kier molecular flexibility index (Phi) is 17.7. The van der Waals surface area contributed by atoms with Crippen LogP contribution in [0.15, 0.2) is 65.6 Å². The highest BCUT2D eigenvalue weighted by Gasteiger charge is 2.51. The van der Waals surface area contributed by atoms with E-state index in [0.29, 0.717) is 79.2 Å². The molecule has 0 aliphatic carbocycles. The molecule has 4 aromatic rings. The van der Waals surface area contributed by atoms with Gasteiger partial charge < -0.3 is 55.8 Å². The fourth-order valence-corrected chi connectivity index (χ4v) is 14.3. The van der Waals surface area contributed by atoms with E-state index in [-0.39, 0.29) is 110 Å². The van der Waals surface area contributed by atoms with Gasteiger partial charge in [0.2, 0.25) is 41.4 Å². The van der Waals surface area contributed by atoms with Crippen molar-refractivity contribution < 1.29 is 79.4 Å². The molecule has 9 amide bonds. The molecule has 6 aliphatic heterocycles. The number of carbonyl (C=O) groups excluding carboxylic acids is 9. The molecule has 3 aromatic carbocycles. The molecule has 0 spiro atoms. The number of halogens is 2. The van der Waals surface area contributed by atoms with Gasteiger partial charge in [-0.2, -0.15) is 8.78 Å². The molecule has 1 aromatic heterocycles. The van der Waals surface area contributed by atoms with Gasteiger partial charge in [-0.25, -0.2) is 8.42 Å². The van der Waals surface area contributed by atoms with E-state index in [1.54, 1.807) is 6.07 Å². The second-order valence-corrected chi connectivity index (χ2v) is 27.3. The Morgan fingerprint density at radius 1 is 0.907 bits per heavy atom. The van der Waals surface area contributed by atoms with Crippen LogP contribution in [0.2, 0.25) is 0 Å². The Balaban J connectivity index is 0.795. The lowest BCUT2D eigenvalue weighted by molar-refractivity contribution is -0.145. The number of fused-ring (bicyclic) bond motifs is 7. The summed E-state index contributed by atoms with van der Waals surface area (Å²) < 4.78 is 71.8. The van der Waals surface area contributed by atoms with Gasteiger partial charge in [0.1, 0.15) is 36.5 Å². The van der Waals surface area contributed by atoms with E-state index in [0.717, 1.165) is 35.4 Å². The number of piperazine rings is 1. The number of hydrogen-bond acceptors (Lipinski definition) is 16. The molecule has 6 aliphatic rings. The molecule has 30 heteroatoms. The molecule has 460 valence electrons. The van der Waals surface area contributed by atoms with Crippen molar-refractivity contribution in [3.63, 3.8) is 0 Å². The highest BCUT2D eigenvalue weighted by Crippen LogP contribution is 2.59. The van der Waals surface area contributed by atoms with Gasteiger partial charge in [0, 0.05) is 92.2 Å². The van der Waals surface area contributed by atoms with Crippen molar-refractivity contribution in [1.29, 1.82) is 0 Å². The number of sulfone groups is 1. The van der Waals surface area contributed by atoms with E-state index in [9.17, 15) is 74.7 Å². The van der Waals surface area contributed by atoms with Gasteiger partial charge in [0.15, 0.2) is 9.84 Å². The highest BCUT2D eigenvalue weighted by atomic mass is 32.2. The topological polar surface area (TPSA) is 345 Å². The Morgan fingerprint density at radius 2 is 1.67 bits per heavy atom. The third-order valence-electron chi connectivity index (χ3n) is 16.8. The van der Waals surface area contributed by atoms with Crippen LogP contribution in [0.4, 0.5) is 14.5 Å². The van der Waals surface area contributed by atoms with Gasteiger partial charge in [0.05, 0.1) is 28.0 Å². The van der Waals surface area contributed by atoms with Crippen LogP contribution in [-0.2, 0) is 66.7 Å². The van der Waals surface area contributed by atoms with Crippen molar-refractivity contribution in [3.8, 4) is 5.75 Å². The standard InChI is InChI=1S/C56H65F2N10O15PS2/c1-86(81,82)36-9-5-31(6-10-36)26-60-50(72)39(12-17-46(59)69)61-52(74)43-13-8-34-19-21-65(29-40(55(77)68(34)43)62-53(75)45-25-32-24-33(7-16-44(32)85-45)56(57,58)84(78,79)80)48(71)4-2-3-20-64-22-23-66-35(27-64)30-83-49-38-28-67(42-15-18-47(70)63-51(42)73)54(76)37(38)11-14-41(49)66/h5-7,9-11,14,16,24-25,34-35,39-40,42-43H,2-4,8,12-13,15,17-23,26-30H2,1H3,(H2,59,69)(H,60,72)(H,61,74)(H,62,75)(H,63,70,73)(H2,78,79,80)/t34-,35-,39+,40+,42+,43+/m1/s1. The second kappa shape index (κ2) is 24.7. The first-order valence-electron chi connectivity index (χ1n) is 28.2. The van der Waals surface area contributed by atoms with Crippen molar-refractivity contribution in [2.24, 2.45) is 5.73 Å². The van der Waals surface area contributed by atoms with Crippen molar-refractivity contribution in [2.45, 2.75) is 124 Å². The van der Waals surface area contributed by atoms with E-state index < -0.39 is 94.3 Å². The van der Waals surface area contributed by atoms with Crippen LogP contribution in [-0.4, -0.2) is 179 Å². The highest BCUT2D eigenvalue weighted by molar-refractivity contribution is 7.90. The van der Waals surface area contributed by atoms with Gasteiger partial charge in [-0.1, -0.05) is 18.2 Å². The minimum atomic E-state index is -5.93. The molecule has 0 saturated carbocycles. The zero-order valence-corrected chi connectivity index (χ0v) is 49.2. The monoisotopic (exact) mass is 1250 g/mol. The van der Waals surface area contributed by atoms with Crippen LogP contribution >= 0.6 is 18.9 Å². The average Bonchev–Trinajstić information content (AvgIpc) is 1.77. The molecule has 4 fully saturated rings. The summed E-state index contributed by atoms with van der Waals surface area (Å²) in [4.78, 5) is 149. The smallest absolute Gasteiger partial charge is 0.399 e. The van der Waals surface area contributed by atoms with E-state index in [1.165, 1.54) is 51.1 Å². The molecule has 25 nitrogen and oxygen atoms in total. The summed E-state index contributed by atoms with van der Waals surface area (Å²) in [6.45, 7) is 2.94. The van der Waals surface area contributed by atoms with Crippen LogP contribution in [0.25, 0.3) is 10.1 Å². The van der Waals surface area contributed by atoms with Gasteiger partial charge in [-0.05, 0) is 105 Å². The van der Waals surface area contributed by atoms with Crippen molar-refractivity contribution >= 4 is 97.7 Å². The summed E-state index contributed by atoms with van der Waals surface area (Å²) in [5, 5.41) is 10.5. The van der Waals surface area contributed by atoms with Gasteiger partial charge in [-0.15, -0.1) is 11.3 Å². The first-order chi connectivity index (χ1) is 40.7. The van der Waals surface area contributed by atoms with Crippen LogP contribution < -0.4 is 36.6 Å². The summed E-state index contributed by atoms with van der Waals surface area (Å²) in [5.41, 5.74) is 2.50. The largest absolute Gasteiger partial charge is 0.489 e. The third kappa shape index (κ3) is 13.0. The summed E-state index contributed by atoms with van der Waals surface area (Å²) in [6.07, 6.45) is 2.78. The summed E-state index contributed by atoms with van der Waals surface area (Å²) in [6, 6.07) is 8.19. The first kappa shape index (κ1) is 61.7. The minimum Gasteiger partial charge on any atom is -0.489 e. The number of thiophene rings is 1. The average molecular weight is 1250 g/mol. The number of nitrogens with one attached hydrogen (secondary N) is 4. The summed E-state index contributed by atoms with van der Waals surface area (Å²) in [5.74, 6) is -4.57. The maximum Gasteiger partial charge on any atom is 0.399 e. The van der Waals surface area contributed by atoms with Crippen LogP contribution in [0.1, 0.15) is 101 Å². The van der Waals surface area contributed by atoms with E-state index in [2.05, 4.69) is 31.1 Å². The number of nitrogens with two attached hydrogens (primary N) is 1. The molecule has 6 atom stereocenters. The lowest BCUT2D eigenvalue weighted by Gasteiger charge is -2.46. The Labute approximate surface area is 496 Å². The Morgan fingerprint density at radius 3 is 2.40 bits per heavy atom. The predicted octanol–water partition coefficient (Wildman–Crippen LogP) is 1.80. The van der Waals surface area contributed by atoms with Gasteiger partial charge in [0.25, 0.3) is 11.8 Å². The predicted molar refractivity (Wildman–Crippen MR) is 305 cm³/mol. The molecular weight excluding hydrogens is 1190 g/mol. The SMILES string of the molecule is CS(=O)(=O)c1ccc(CNC(=O)[C@H](CCC(N)=O)NC(=O)[C@@H]2CC[C@@H]3CCN(C(=O)CCCCN4CCN5c6ccc7c(c6OC[C@H]5C4)CN([C@H]4CCC(=O)NC4=O)C7=O)C[C@H](NC(=O)c4cc5cc(C(F)(F)P(=O)(O)O)ccc5s4)C(=O)N32)cc1. The number of imide groups is 1. The molecule has 86 heavy (non-hydrogen) atoms. The molecule has 4 saturated heterocycles. The van der Waals surface area contributed by atoms with Gasteiger partial charge in [-0.3, -0.25) is 57.9 Å². The maximum atomic E-state index is 15.0. The summed E-state index contributed by atoms with van der Waals surface area (Å²) >= 11 is 0.860. The number of alkyl halides is 2. The maximum absolute atomic E-state index is 15.0. The van der Waals surface area contributed by atoms with Crippen LogP contribution in [0.3, 0.4) is 0 Å². The Hall–Kier alpha value is -7.43. The fourth-order valence-electron chi connectivity index (χ4n) is 12.2. The van der Waals surface area contributed by atoms with Crippen molar-refractivity contribution in [2.75, 3.05) is 57.0 Å². The number of nitrogens with zero attached hydrogens (tertiary/aromatic N) is 5. The molecular formula is C56H65F2N10O15PS2. The normalized spacial score (nSPS) is 22.2. The number of amides is 9. The number of rotatable bonds is 19. The molecule has 10 rings (SSSR count). The van der Waals surface area contributed by atoms with Crippen LogP contribution in [0, 0.1) is 0 Å². The second-order valence-electron chi connectivity index (χ2n) is 22.6. The number of ether oxygens (including phenoxy) is 1. The van der Waals surface area contributed by atoms with E-state index >= 15 is 0 Å². The molecule has 8 N–H and O–H groups in total. The Bertz CT molecular complexity index is 3590. The molecule has 7 heterocycles. The number of primary amides is 1. The number of piperidine rings is 1. The number of benzene rings is 3. The number of anilines is 1. The van der Waals surface area contributed by atoms with E-state index in [4.69, 9.17) is 10.5 Å². The summed E-state index contributed by atoms with van der Waals surface area (Å²) in [7, 11) is -9.42. The number of hydrogen-bond donors (Lipinski definition) is 7. The van der Waals surface area contributed by atoms with Crippen molar-refractivity contribution in [1.82, 2.24) is 40.9 Å². The fraction of sp³-hybridized carbons (Fsp3) is 0.482. The lowest BCUT2D eigenvalue weighted by atomic mass is 10.0. The first-order valence-corrected chi connectivity index (χ1v) is 32.5.